The Morgan fingerprint density at radius 3 is 2.30 bits per heavy atom. The van der Waals surface area contributed by atoms with Crippen molar-refractivity contribution in [3.8, 4) is 17.2 Å². The van der Waals surface area contributed by atoms with Gasteiger partial charge >= 0.3 is 5.97 Å². The Hall–Kier alpha value is -3.02. The summed E-state index contributed by atoms with van der Waals surface area (Å²) in [6.45, 7) is -0.819. The summed E-state index contributed by atoms with van der Waals surface area (Å²) in [6, 6.07) is 12.9. The molecule has 0 amide bonds. The van der Waals surface area contributed by atoms with Crippen LogP contribution in [0.1, 0.15) is 10.4 Å². The molecule has 0 heterocycles. The van der Waals surface area contributed by atoms with E-state index in [2.05, 4.69) is 0 Å². The van der Waals surface area contributed by atoms with Crippen LogP contribution in [0.2, 0.25) is 0 Å². The zero-order chi connectivity index (χ0) is 16.7. The SMILES string of the molecule is COc1ccccc1C(=O)COC(=O)COc1ccccc1O. The van der Waals surface area contributed by atoms with E-state index in [0.717, 1.165) is 0 Å². The summed E-state index contributed by atoms with van der Waals surface area (Å²) in [7, 11) is 1.46. The van der Waals surface area contributed by atoms with Crippen molar-refractivity contribution in [2.24, 2.45) is 0 Å². The molecule has 120 valence electrons. The van der Waals surface area contributed by atoms with Crippen LogP contribution < -0.4 is 9.47 Å². The van der Waals surface area contributed by atoms with Gasteiger partial charge in [0, 0.05) is 0 Å². The van der Waals surface area contributed by atoms with Gasteiger partial charge < -0.3 is 19.3 Å². The van der Waals surface area contributed by atoms with Gasteiger partial charge in [-0.05, 0) is 24.3 Å². The molecule has 0 fully saturated rings. The van der Waals surface area contributed by atoms with E-state index in [1.807, 2.05) is 0 Å². The van der Waals surface area contributed by atoms with Gasteiger partial charge in [0.2, 0.25) is 5.78 Å². The number of methoxy groups -OCH3 is 1. The Labute approximate surface area is 133 Å². The average molecular weight is 316 g/mol. The first kappa shape index (κ1) is 16.4. The molecule has 0 radical (unpaired) electrons. The Bertz CT molecular complexity index is 695. The Morgan fingerprint density at radius 1 is 0.957 bits per heavy atom. The number of phenols is 1. The van der Waals surface area contributed by atoms with Crippen LogP contribution in [0, 0.1) is 0 Å². The molecule has 2 rings (SSSR count). The number of Topliss-reactive ketones (excluding diaryl/α,β-unsaturated/α-hetero) is 1. The van der Waals surface area contributed by atoms with Crippen molar-refractivity contribution in [1.82, 2.24) is 0 Å². The van der Waals surface area contributed by atoms with Crippen molar-refractivity contribution in [1.29, 1.82) is 0 Å². The van der Waals surface area contributed by atoms with E-state index >= 15 is 0 Å². The summed E-state index contributed by atoms with van der Waals surface area (Å²) in [6.07, 6.45) is 0. The molecule has 0 aliphatic carbocycles. The van der Waals surface area contributed by atoms with Crippen molar-refractivity contribution in [3.63, 3.8) is 0 Å². The minimum absolute atomic E-state index is 0.0783. The highest BCUT2D eigenvalue weighted by molar-refractivity contribution is 6.00. The predicted octanol–water partition coefficient (Wildman–Crippen LogP) is 2.21. The molecule has 0 saturated carbocycles. The van der Waals surface area contributed by atoms with Gasteiger partial charge in [-0.25, -0.2) is 4.79 Å². The third-order valence-corrected chi connectivity index (χ3v) is 2.98. The molecule has 0 spiro atoms. The van der Waals surface area contributed by atoms with Crippen LogP contribution in [0.3, 0.4) is 0 Å². The van der Waals surface area contributed by atoms with Crippen LogP contribution in [0.4, 0.5) is 0 Å². The number of esters is 1. The van der Waals surface area contributed by atoms with Gasteiger partial charge in [-0.1, -0.05) is 24.3 Å². The number of carbonyl (C=O) groups excluding carboxylic acids is 2. The predicted molar refractivity (Wildman–Crippen MR) is 81.9 cm³/mol. The van der Waals surface area contributed by atoms with Crippen molar-refractivity contribution in [2.45, 2.75) is 0 Å². The van der Waals surface area contributed by atoms with Crippen LogP contribution in [0.5, 0.6) is 17.2 Å². The van der Waals surface area contributed by atoms with Crippen LogP contribution in [0.25, 0.3) is 0 Å². The van der Waals surface area contributed by atoms with E-state index in [1.54, 1.807) is 36.4 Å². The normalized spacial score (nSPS) is 9.96. The summed E-state index contributed by atoms with van der Waals surface area (Å²) < 4.78 is 15.1. The van der Waals surface area contributed by atoms with Crippen LogP contribution >= 0.6 is 0 Å². The highest BCUT2D eigenvalue weighted by Crippen LogP contribution is 2.24. The first-order chi connectivity index (χ1) is 11.1. The highest BCUT2D eigenvalue weighted by atomic mass is 16.6. The molecule has 6 nitrogen and oxygen atoms in total. The lowest BCUT2D eigenvalue weighted by Gasteiger charge is -2.09. The molecule has 0 aliphatic rings. The second-order valence-electron chi connectivity index (χ2n) is 4.54. The molecule has 0 unspecified atom stereocenters. The van der Waals surface area contributed by atoms with Gasteiger partial charge in [-0.15, -0.1) is 0 Å². The van der Waals surface area contributed by atoms with E-state index in [1.165, 1.54) is 19.2 Å². The molecule has 0 aromatic heterocycles. The average Bonchev–Trinajstić information content (AvgIpc) is 2.58. The Kier molecular flexibility index (Phi) is 5.57. The van der Waals surface area contributed by atoms with E-state index in [-0.39, 0.29) is 17.3 Å². The van der Waals surface area contributed by atoms with Crippen molar-refractivity contribution in [2.75, 3.05) is 20.3 Å². The van der Waals surface area contributed by atoms with Crippen LogP contribution in [-0.4, -0.2) is 37.2 Å². The maximum Gasteiger partial charge on any atom is 0.344 e. The number of ketones is 1. The molecule has 6 heteroatoms. The van der Waals surface area contributed by atoms with Crippen LogP contribution in [-0.2, 0) is 9.53 Å². The number of rotatable bonds is 7. The molecule has 23 heavy (non-hydrogen) atoms. The zero-order valence-electron chi connectivity index (χ0n) is 12.5. The molecule has 0 saturated heterocycles. The second-order valence-corrected chi connectivity index (χ2v) is 4.54. The molecule has 1 N–H and O–H groups in total. The first-order valence-corrected chi connectivity index (χ1v) is 6.84. The fraction of sp³-hybridized carbons (Fsp3) is 0.176. The third kappa shape index (κ3) is 4.47. The lowest BCUT2D eigenvalue weighted by molar-refractivity contribution is -0.144. The molecule has 2 aromatic carbocycles. The molecule has 0 bridgehead atoms. The Morgan fingerprint density at radius 2 is 1.61 bits per heavy atom. The fourth-order valence-corrected chi connectivity index (χ4v) is 1.86. The van der Waals surface area contributed by atoms with E-state index in [9.17, 15) is 14.7 Å². The van der Waals surface area contributed by atoms with Crippen molar-refractivity contribution in [3.05, 3.63) is 54.1 Å². The number of para-hydroxylation sites is 3. The molecule has 0 atom stereocenters. The van der Waals surface area contributed by atoms with Gasteiger partial charge in [0.15, 0.2) is 24.7 Å². The maximum absolute atomic E-state index is 12.0. The molecule has 2 aromatic rings. The number of hydrogen-bond acceptors (Lipinski definition) is 6. The van der Waals surface area contributed by atoms with E-state index in [0.29, 0.717) is 11.3 Å². The monoisotopic (exact) mass is 316 g/mol. The zero-order valence-corrected chi connectivity index (χ0v) is 12.5. The summed E-state index contributed by atoms with van der Waals surface area (Å²) in [5.41, 5.74) is 0.337. The van der Waals surface area contributed by atoms with Gasteiger partial charge in [0.05, 0.1) is 12.7 Å². The van der Waals surface area contributed by atoms with Crippen molar-refractivity contribution < 1.29 is 28.9 Å². The number of carbonyl (C=O) groups is 2. The lowest BCUT2D eigenvalue weighted by atomic mass is 10.1. The Balaban J connectivity index is 1.84. The number of phenolic OH excluding ortho intramolecular Hbond substituents is 1. The van der Waals surface area contributed by atoms with Gasteiger partial charge in [-0.3, -0.25) is 4.79 Å². The minimum Gasteiger partial charge on any atom is -0.504 e. The van der Waals surface area contributed by atoms with Crippen molar-refractivity contribution >= 4 is 11.8 Å². The second kappa shape index (κ2) is 7.84. The van der Waals surface area contributed by atoms with Gasteiger partial charge in [0.1, 0.15) is 5.75 Å². The van der Waals surface area contributed by atoms with E-state index in [4.69, 9.17) is 14.2 Å². The largest absolute Gasteiger partial charge is 0.504 e. The number of aromatic hydroxyl groups is 1. The lowest BCUT2D eigenvalue weighted by Crippen LogP contribution is -2.19. The first-order valence-electron chi connectivity index (χ1n) is 6.84. The van der Waals surface area contributed by atoms with Crippen LogP contribution in [0.15, 0.2) is 48.5 Å². The third-order valence-electron chi connectivity index (χ3n) is 2.98. The molecular formula is C17H16O6. The topological polar surface area (TPSA) is 82.1 Å². The minimum atomic E-state index is -0.712. The maximum atomic E-state index is 12.0. The number of ether oxygens (including phenoxy) is 3. The summed E-state index contributed by atoms with van der Waals surface area (Å²) in [4.78, 5) is 23.6. The van der Waals surface area contributed by atoms with Gasteiger partial charge in [-0.2, -0.15) is 0 Å². The van der Waals surface area contributed by atoms with E-state index < -0.39 is 19.2 Å². The smallest absolute Gasteiger partial charge is 0.344 e. The summed E-state index contributed by atoms with van der Waals surface area (Å²) >= 11 is 0. The highest BCUT2D eigenvalue weighted by Gasteiger charge is 2.14. The standard InChI is InChI=1S/C17H16O6/c1-21-15-8-4-2-6-12(15)14(19)10-23-17(20)11-22-16-9-5-3-7-13(16)18/h2-9,18H,10-11H2,1H3. The molecular weight excluding hydrogens is 300 g/mol. The quantitative estimate of drug-likeness (QED) is 0.623. The number of benzene rings is 2. The van der Waals surface area contributed by atoms with Gasteiger partial charge in [0.25, 0.3) is 0 Å². The summed E-state index contributed by atoms with van der Waals surface area (Å²) in [5.74, 6) is -0.584. The number of hydrogen-bond donors (Lipinski definition) is 1. The summed E-state index contributed by atoms with van der Waals surface area (Å²) in [5, 5.41) is 9.50. The fourth-order valence-electron chi connectivity index (χ4n) is 1.86. The molecule has 0 aliphatic heterocycles.